The van der Waals surface area contributed by atoms with Crippen LogP contribution in [0.1, 0.15) is 0 Å². The highest BCUT2D eigenvalue weighted by Gasteiger charge is 2.05. The molecule has 0 aliphatic rings. The predicted octanol–water partition coefficient (Wildman–Crippen LogP) is 1.75. The SMILES string of the molecule is CN(CCN)c1cc(Nc2ccccc2F)ncn1. The average molecular weight is 261 g/mol. The number of rotatable bonds is 5. The lowest BCUT2D eigenvalue weighted by molar-refractivity contribution is 0.632. The lowest BCUT2D eigenvalue weighted by atomic mass is 10.3. The summed E-state index contributed by atoms with van der Waals surface area (Å²) in [5, 5.41) is 2.93. The molecule has 6 heteroatoms. The summed E-state index contributed by atoms with van der Waals surface area (Å²) in [6, 6.07) is 8.20. The van der Waals surface area contributed by atoms with Gasteiger partial charge in [-0.3, -0.25) is 0 Å². The second-order valence-electron chi connectivity index (χ2n) is 4.08. The Balaban J connectivity index is 2.18. The Morgan fingerprint density at radius 1 is 1.32 bits per heavy atom. The van der Waals surface area contributed by atoms with E-state index in [1.165, 1.54) is 12.4 Å². The molecule has 3 N–H and O–H groups in total. The molecule has 0 amide bonds. The Labute approximate surface area is 111 Å². The molecule has 2 aromatic rings. The standard InChI is InChI=1S/C13H16FN5/c1-19(7-6-15)13-8-12(16-9-17-13)18-11-5-3-2-4-10(11)14/h2-5,8-9H,6-7,15H2,1H3,(H,16,17,18). The van der Waals surface area contributed by atoms with Crippen molar-refractivity contribution in [1.29, 1.82) is 0 Å². The quantitative estimate of drug-likeness (QED) is 0.858. The second kappa shape index (κ2) is 6.10. The third-order valence-electron chi connectivity index (χ3n) is 2.64. The number of hydrogen-bond acceptors (Lipinski definition) is 5. The molecule has 2 rings (SSSR count). The molecule has 0 saturated carbocycles. The number of benzene rings is 1. The van der Waals surface area contributed by atoms with E-state index >= 15 is 0 Å². The highest BCUT2D eigenvalue weighted by molar-refractivity contribution is 5.59. The lowest BCUT2D eigenvalue weighted by Crippen LogP contribution is -2.25. The van der Waals surface area contributed by atoms with Crippen molar-refractivity contribution in [3.05, 3.63) is 42.5 Å². The van der Waals surface area contributed by atoms with Gasteiger partial charge in [-0.2, -0.15) is 0 Å². The van der Waals surface area contributed by atoms with Gasteiger partial charge in [-0.15, -0.1) is 0 Å². The fourth-order valence-corrected chi connectivity index (χ4v) is 1.63. The number of aromatic nitrogens is 2. The summed E-state index contributed by atoms with van der Waals surface area (Å²) < 4.78 is 13.5. The number of para-hydroxylation sites is 1. The largest absolute Gasteiger partial charge is 0.358 e. The molecule has 0 fully saturated rings. The van der Waals surface area contributed by atoms with Gasteiger partial charge in [0.05, 0.1) is 5.69 Å². The highest BCUT2D eigenvalue weighted by Crippen LogP contribution is 2.19. The van der Waals surface area contributed by atoms with E-state index in [-0.39, 0.29) is 5.82 Å². The minimum absolute atomic E-state index is 0.321. The van der Waals surface area contributed by atoms with E-state index in [1.807, 2.05) is 11.9 Å². The van der Waals surface area contributed by atoms with Crippen molar-refractivity contribution in [3.8, 4) is 0 Å². The van der Waals surface area contributed by atoms with Gasteiger partial charge in [0.15, 0.2) is 0 Å². The van der Waals surface area contributed by atoms with Gasteiger partial charge in [0.1, 0.15) is 23.8 Å². The second-order valence-corrected chi connectivity index (χ2v) is 4.08. The van der Waals surface area contributed by atoms with Crippen LogP contribution >= 0.6 is 0 Å². The molecule has 1 aromatic carbocycles. The maximum atomic E-state index is 13.5. The zero-order chi connectivity index (χ0) is 13.7. The van der Waals surface area contributed by atoms with Gasteiger partial charge in [0.2, 0.25) is 0 Å². The third-order valence-corrected chi connectivity index (χ3v) is 2.64. The van der Waals surface area contributed by atoms with Crippen molar-refractivity contribution in [3.63, 3.8) is 0 Å². The first-order valence-electron chi connectivity index (χ1n) is 5.95. The predicted molar refractivity (Wildman–Crippen MR) is 74.0 cm³/mol. The zero-order valence-electron chi connectivity index (χ0n) is 10.7. The summed E-state index contributed by atoms with van der Waals surface area (Å²) in [6.07, 6.45) is 1.44. The van der Waals surface area contributed by atoms with Crippen LogP contribution in [0, 0.1) is 5.82 Å². The molecule has 100 valence electrons. The summed E-state index contributed by atoms with van der Waals surface area (Å²) in [5.41, 5.74) is 5.88. The van der Waals surface area contributed by atoms with E-state index in [2.05, 4.69) is 15.3 Å². The summed E-state index contributed by atoms with van der Waals surface area (Å²) in [5.74, 6) is 0.955. The lowest BCUT2D eigenvalue weighted by Gasteiger charge is -2.17. The fraction of sp³-hybridized carbons (Fsp3) is 0.231. The molecular weight excluding hydrogens is 245 g/mol. The normalized spacial score (nSPS) is 10.3. The van der Waals surface area contributed by atoms with Gasteiger partial charge in [-0.1, -0.05) is 12.1 Å². The highest BCUT2D eigenvalue weighted by atomic mass is 19.1. The third kappa shape index (κ3) is 3.38. The number of likely N-dealkylation sites (N-methyl/N-ethyl adjacent to an activating group) is 1. The molecule has 0 aliphatic carbocycles. The van der Waals surface area contributed by atoms with Gasteiger partial charge >= 0.3 is 0 Å². The van der Waals surface area contributed by atoms with Gasteiger partial charge in [-0.05, 0) is 12.1 Å². The van der Waals surface area contributed by atoms with Crippen molar-refractivity contribution < 1.29 is 4.39 Å². The topological polar surface area (TPSA) is 67.1 Å². The maximum Gasteiger partial charge on any atom is 0.146 e. The number of halogens is 1. The molecule has 19 heavy (non-hydrogen) atoms. The van der Waals surface area contributed by atoms with E-state index in [0.717, 1.165) is 5.82 Å². The van der Waals surface area contributed by atoms with Crippen LogP contribution in [0.5, 0.6) is 0 Å². The Hall–Kier alpha value is -2.21. The minimum atomic E-state index is -0.321. The van der Waals surface area contributed by atoms with E-state index in [9.17, 15) is 4.39 Å². The van der Waals surface area contributed by atoms with E-state index in [1.54, 1.807) is 24.3 Å². The van der Waals surface area contributed by atoms with Crippen LogP contribution in [-0.4, -0.2) is 30.1 Å². The van der Waals surface area contributed by atoms with Gasteiger partial charge in [0.25, 0.3) is 0 Å². The molecule has 5 nitrogen and oxygen atoms in total. The Morgan fingerprint density at radius 2 is 2.11 bits per heavy atom. The number of nitrogens with one attached hydrogen (secondary N) is 1. The zero-order valence-corrected chi connectivity index (χ0v) is 10.7. The summed E-state index contributed by atoms with van der Waals surface area (Å²) >= 11 is 0. The Bertz CT molecular complexity index is 546. The van der Waals surface area contributed by atoms with Crippen LogP contribution < -0.4 is 16.0 Å². The smallest absolute Gasteiger partial charge is 0.146 e. The van der Waals surface area contributed by atoms with Crippen LogP contribution in [0.2, 0.25) is 0 Å². The summed E-state index contributed by atoms with van der Waals surface area (Å²) in [6.45, 7) is 1.23. The van der Waals surface area contributed by atoms with Gasteiger partial charge < -0.3 is 16.0 Å². The molecule has 0 saturated heterocycles. The van der Waals surface area contributed by atoms with Crippen molar-refractivity contribution in [2.24, 2.45) is 5.73 Å². The van der Waals surface area contributed by atoms with Crippen LogP contribution in [0.3, 0.4) is 0 Å². The molecule has 1 aromatic heterocycles. The van der Waals surface area contributed by atoms with Crippen molar-refractivity contribution >= 4 is 17.3 Å². The minimum Gasteiger partial charge on any atom is -0.358 e. The summed E-state index contributed by atoms with van der Waals surface area (Å²) in [7, 11) is 1.89. The number of hydrogen-bond donors (Lipinski definition) is 2. The van der Waals surface area contributed by atoms with Crippen LogP contribution in [0.25, 0.3) is 0 Å². The molecule has 0 radical (unpaired) electrons. The molecule has 0 atom stereocenters. The molecule has 1 heterocycles. The van der Waals surface area contributed by atoms with Crippen LogP contribution in [-0.2, 0) is 0 Å². The van der Waals surface area contributed by atoms with E-state index < -0.39 is 0 Å². The van der Waals surface area contributed by atoms with E-state index in [0.29, 0.717) is 24.6 Å². The molecule has 0 bridgehead atoms. The van der Waals surface area contributed by atoms with Gasteiger partial charge in [-0.25, -0.2) is 14.4 Å². The monoisotopic (exact) mass is 261 g/mol. The van der Waals surface area contributed by atoms with Crippen molar-refractivity contribution in [2.75, 3.05) is 30.4 Å². The van der Waals surface area contributed by atoms with Crippen LogP contribution in [0.15, 0.2) is 36.7 Å². The number of nitrogens with zero attached hydrogens (tertiary/aromatic N) is 3. The first-order valence-corrected chi connectivity index (χ1v) is 5.95. The maximum absolute atomic E-state index is 13.5. The average Bonchev–Trinajstić information content (AvgIpc) is 2.42. The fourth-order valence-electron chi connectivity index (χ4n) is 1.63. The first kappa shape index (κ1) is 13.2. The Kier molecular flexibility index (Phi) is 4.25. The van der Waals surface area contributed by atoms with Crippen molar-refractivity contribution in [1.82, 2.24) is 9.97 Å². The van der Waals surface area contributed by atoms with Crippen molar-refractivity contribution in [2.45, 2.75) is 0 Å². The molecule has 0 spiro atoms. The molecule has 0 aliphatic heterocycles. The van der Waals surface area contributed by atoms with Crippen LogP contribution in [0.4, 0.5) is 21.7 Å². The molecule has 0 unspecified atom stereocenters. The first-order chi connectivity index (χ1) is 9.20. The molecular formula is C13H16FN5. The van der Waals surface area contributed by atoms with E-state index in [4.69, 9.17) is 5.73 Å². The van der Waals surface area contributed by atoms with Gasteiger partial charge in [0, 0.05) is 26.2 Å². The summed E-state index contributed by atoms with van der Waals surface area (Å²) in [4.78, 5) is 10.1. The number of nitrogens with two attached hydrogens (primary N) is 1. The Morgan fingerprint density at radius 3 is 2.84 bits per heavy atom. The number of anilines is 3.